The molecule has 0 fully saturated rings. The monoisotopic (exact) mass is 329 g/mol. The predicted molar refractivity (Wildman–Crippen MR) is 105 cm³/mol. The van der Waals surface area contributed by atoms with Crippen molar-refractivity contribution < 1.29 is 0 Å². The van der Waals surface area contributed by atoms with Gasteiger partial charge in [0.15, 0.2) is 4.98 Å². The van der Waals surface area contributed by atoms with Crippen molar-refractivity contribution in [2.75, 3.05) is 0 Å². The minimum Gasteiger partial charge on any atom is -0.0654 e. The molecule has 0 aliphatic heterocycles. The molecule has 0 N–H and O–H groups in total. The Kier molecular flexibility index (Phi) is 13.1. The second-order valence-electron chi connectivity index (χ2n) is 7.11. The molecule has 134 valence electrons. The van der Waals surface area contributed by atoms with Crippen LogP contribution in [0.3, 0.4) is 0 Å². The number of hydrogen-bond donors (Lipinski definition) is 0. The SMILES string of the molecule is CCCCCCCCCCCCCCCCc1ccc([N+]#N)cc1. The fourth-order valence-electron chi connectivity index (χ4n) is 3.25. The molecule has 0 amide bonds. The minimum atomic E-state index is 0.639. The van der Waals surface area contributed by atoms with E-state index in [1.165, 1.54) is 95.5 Å². The highest BCUT2D eigenvalue weighted by molar-refractivity contribution is 5.44. The number of benzene rings is 1. The maximum atomic E-state index is 8.66. The minimum absolute atomic E-state index is 0.639. The van der Waals surface area contributed by atoms with Crippen molar-refractivity contribution in [2.24, 2.45) is 0 Å². The zero-order chi connectivity index (χ0) is 17.3. The lowest BCUT2D eigenvalue weighted by molar-refractivity contribution is 0.535. The molecule has 0 saturated heterocycles. The van der Waals surface area contributed by atoms with Crippen LogP contribution in [0.25, 0.3) is 4.98 Å². The molecule has 0 unspecified atom stereocenters. The first-order valence-corrected chi connectivity index (χ1v) is 10.3. The molecular weight excluding hydrogens is 292 g/mol. The summed E-state index contributed by atoms with van der Waals surface area (Å²) in [5.74, 6) is 0. The van der Waals surface area contributed by atoms with Gasteiger partial charge in [-0.3, -0.25) is 0 Å². The van der Waals surface area contributed by atoms with Crippen LogP contribution in [0.2, 0.25) is 0 Å². The smallest absolute Gasteiger partial charge is 0.0654 e. The summed E-state index contributed by atoms with van der Waals surface area (Å²) in [6, 6.07) is 7.88. The molecule has 0 bridgehead atoms. The topological polar surface area (TPSA) is 28.1 Å². The number of unbranched alkanes of at least 4 members (excludes halogenated alkanes) is 13. The van der Waals surface area contributed by atoms with Crippen LogP contribution in [-0.2, 0) is 6.42 Å². The van der Waals surface area contributed by atoms with Crippen LogP contribution in [0.1, 0.15) is 102 Å². The van der Waals surface area contributed by atoms with Gasteiger partial charge in [-0.1, -0.05) is 103 Å². The molecule has 0 aromatic heterocycles. The van der Waals surface area contributed by atoms with Gasteiger partial charge in [0.25, 0.3) is 0 Å². The van der Waals surface area contributed by atoms with Gasteiger partial charge >= 0.3 is 5.69 Å². The molecule has 2 nitrogen and oxygen atoms in total. The van der Waals surface area contributed by atoms with Gasteiger partial charge in [-0.2, -0.15) is 0 Å². The van der Waals surface area contributed by atoms with Crippen LogP contribution in [0.15, 0.2) is 24.3 Å². The fraction of sp³-hybridized carbons (Fsp3) is 0.727. The van der Waals surface area contributed by atoms with Crippen LogP contribution >= 0.6 is 0 Å². The first-order chi connectivity index (χ1) is 11.9. The van der Waals surface area contributed by atoms with E-state index in [4.69, 9.17) is 5.39 Å². The third kappa shape index (κ3) is 11.2. The van der Waals surface area contributed by atoms with Crippen LogP contribution in [0, 0.1) is 5.39 Å². The van der Waals surface area contributed by atoms with Gasteiger partial charge in [0.2, 0.25) is 5.39 Å². The predicted octanol–water partition coefficient (Wildman–Crippen LogP) is 8.19. The van der Waals surface area contributed by atoms with E-state index in [9.17, 15) is 0 Å². The molecule has 2 heteroatoms. The lowest BCUT2D eigenvalue weighted by Crippen LogP contribution is -1.86. The second kappa shape index (κ2) is 15.2. The molecule has 0 spiro atoms. The highest BCUT2D eigenvalue weighted by Crippen LogP contribution is 2.16. The van der Waals surface area contributed by atoms with Crippen molar-refractivity contribution in [1.29, 1.82) is 5.39 Å². The van der Waals surface area contributed by atoms with Crippen molar-refractivity contribution >= 4 is 5.69 Å². The van der Waals surface area contributed by atoms with Gasteiger partial charge < -0.3 is 0 Å². The van der Waals surface area contributed by atoms with Crippen molar-refractivity contribution in [3.8, 4) is 0 Å². The van der Waals surface area contributed by atoms with Crippen molar-refractivity contribution in [3.05, 3.63) is 34.8 Å². The van der Waals surface area contributed by atoms with Crippen LogP contribution in [-0.4, -0.2) is 0 Å². The first kappa shape index (κ1) is 20.7. The van der Waals surface area contributed by atoms with E-state index in [1.54, 1.807) is 0 Å². The lowest BCUT2D eigenvalue weighted by atomic mass is 10.0. The van der Waals surface area contributed by atoms with E-state index in [2.05, 4.69) is 24.0 Å². The normalized spacial score (nSPS) is 10.7. The van der Waals surface area contributed by atoms with Crippen LogP contribution < -0.4 is 0 Å². The quantitative estimate of drug-likeness (QED) is 0.235. The van der Waals surface area contributed by atoms with Crippen LogP contribution in [0.5, 0.6) is 0 Å². The third-order valence-corrected chi connectivity index (χ3v) is 4.87. The Morgan fingerprint density at radius 1 is 0.625 bits per heavy atom. The van der Waals surface area contributed by atoms with E-state index >= 15 is 0 Å². The summed E-state index contributed by atoms with van der Waals surface area (Å²) < 4.78 is 0. The Morgan fingerprint density at radius 3 is 1.46 bits per heavy atom. The average molecular weight is 330 g/mol. The Morgan fingerprint density at radius 2 is 1.04 bits per heavy atom. The van der Waals surface area contributed by atoms with E-state index < -0.39 is 0 Å². The summed E-state index contributed by atoms with van der Waals surface area (Å²) in [4.78, 5) is 3.18. The van der Waals surface area contributed by atoms with E-state index in [0.717, 1.165) is 6.42 Å². The Bertz CT molecular complexity index is 430. The summed E-state index contributed by atoms with van der Waals surface area (Å²) >= 11 is 0. The molecule has 1 rings (SSSR count). The molecular formula is C22H37N2+. The molecule has 0 aliphatic carbocycles. The van der Waals surface area contributed by atoms with E-state index in [1.807, 2.05) is 12.1 Å². The molecule has 0 aliphatic rings. The number of nitrogens with zero attached hydrogens (tertiary/aromatic N) is 2. The first-order valence-electron chi connectivity index (χ1n) is 10.3. The number of hydrogen-bond acceptors (Lipinski definition) is 1. The van der Waals surface area contributed by atoms with Gasteiger partial charge in [0.05, 0.1) is 0 Å². The maximum absolute atomic E-state index is 8.66. The Hall–Kier alpha value is -1.36. The maximum Gasteiger partial charge on any atom is 0.385 e. The zero-order valence-corrected chi connectivity index (χ0v) is 15.8. The van der Waals surface area contributed by atoms with E-state index in [0.29, 0.717) is 5.69 Å². The number of aryl methyl sites for hydroxylation is 1. The summed E-state index contributed by atoms with van der Waals surface area (Å²) in [6.45, 7) is 2.28. The standard InChI is InChI=1S/C22H37N2/c1-2-3-4-5-6-7-8-9-10-11-12-13-14-15-16-21-17-19-22(24-23)20-18-21/h17-20H,2-16H2,1H3/q+1. The lowest BCUT2D eigenvalue weighted by Gasteiger charge is -2.03. The van der Waals surface area contributed by atoms with Crippen molar-refractivity contribution in [3.63, 3.8) is 0 Å². The highest BCUT2D eigenvalue weighted by atomic mass is 14.8. The molecule has 0 heterocycles. The number of rotatable bonds is 15. The van der Waals surface area contributed by atoms with Crippen molar-refractivity contribution in [2.45, 2.75) is 103 Å². The van der Waals surface area contributed by atoms with Gasteiger partial charge in [-0.25, -0.2) is 0 Å². The molecule has 0 atom stereocenters. The summed E-state index contributed by atoms with van der Waals surface area (Å²) in [5, 5.41) is 8.66. The molecule has 0 saturated carbocycles. The molecule has 1 aromatic carbocycles. The summed E-state index contributed by atoms with van der Waals surface area (Å²) in [7, 11) is 0. The van der Waals surface area contributed by atoms with Crippen molar-refractivity contribution in [1.82, 2.24) is 0 Å². The van der Waals surface area contributed by atoms with Gasteiger partial charge in [-0.05, 0) is 18.4 Å². The largest absolute Gasteiger partial charge is 0.385 e. The Labute approximate surface area is 149 Å². The van der Waals surface area contributed by atoms with E-state index in [-0.39, 0.29) is 0 Å². The van der Waals surface area contributed by atoms with Gasteiger partial charge in [0.1, 0.15) is 0 Å². The zero-order valence-electron chi connectivity index (χ0n) is 15.8. The average Bonchev–Trinajstić information content (AvgIpc) is 2.62. The molecule has 0 radical (unpaired) electrons. The summed E-state index contributed by atoms with van der Waals surface area (Å²) in [5.41, 5.74) is 1.99. The van der Waals surface area contributed by atoms with Gasteiger partial charge in [-0.15, -0.1) is 0 Å². The van der Waals surface area contributed by atoms with Gasteiger partial charge in [0, 0.05) is 12.1 Å². The molecule has 24 heavy (non-hydrogen) atoms. The fourth-order valence-corrected chi connectivity index (χ4v) is 3.25. The number of diazo groups is 1. The van der Waals surface area contributed by atoms with Crippen LogP contribution in [0.4, 0.5) is 5.69 Å². The summed E-state index contributed by atoms with van der Waals surface area (Å²) in [6.07, 6.45) is 20.8. The highest BCUT2D eigenvalue weighted by Gasteiger charge is 2.02. The third-order valence-electron chi connectivity index (χ3n) is 4.87. The Balaban J connectivity index is 1.81. The molecule has 1 aromatic rings. The second-order valence-corrected chi connectivity index (χ2v) is 7.11.